The Labute approximate surface area is 92.5 Å². The maximum Gasteiger partial charge on any atom is 0.0700 e. The van der Waals surface area contributed by atoms with Crippen LogP contribution in [0.1, 0.15) is 19.8 Å². The maximum absolute atomic E-state index is 5.79. The van der Waals surface area contributed by atoms with E-state index in [1.807, 2.05) is 0 Å². The highest BCUT2D eigenvalue weighted by molar-refractivity contribution is 4.98. The van der Waals surface area contributed by atoms with Crippen molar-refractivity contribution in [3.63, 3.8) is 0 Å². The Morgan fingerprint density at radius 3 is 2.60 bits per heavy atom. The topological polar surface area (TPSA) is 56.5 Å². The molecule has 4 nitrogen and oxygen atoms in total. The molecule has 0 aliphatic heterocycles. The van der Waals surface area contributed by atoms with Gasteiger partial charge in [-0.15, -0.1) is 0 Å². The third-order valence-electron chi connectivity index (χ3n) is 3.11. The number of nitrogens with two attached hydrogens (primary N) is 1. The van der Waals surface area contributed by atoms with Crippen molar-refractivity contribution < 1.29 is 9.47 Å². The second-order valence-electron chi connectivity index (χ2n) is 4.43. The van der Waals surface area contributed by atoms with Crippen LogP contribution in [0.25, 0.3) is 0 Å². The molecule has 0 saturated heterocycles. The molecule has 0 amide bonds. The minimum absolute atomic E-state index is 0.116. The Hall–Kier alpha value is -0.160. The Morgan fingerprint density at radius 1 is 1.33 bits per heavy atom. The van der Waals surface area contributed by atoms with E-state index >= 15 is 0 Å². The van der Waals surface area contributed by atoms with E-state index in [1.165, 1.54) is 12.8 Å². The molecule has 90 valence electrons. The van der Waals surface area contributed by atoms with Crippen LogP contribution in [0.15, 0.2) is 0 Å². The van der Waals surface area contributed by atoms with Crippen molar-refractivity contribution in [2.75, 3.05) is 40.0 Å². The molecule has 0 aromatic carbocycles. The van der Waals surface area contributed by atoms with E-state index in [-0.39, 0.29) is 5.54 Å². The SMILES string of the molecule is COCCOCCNC(C)(CN)C1CC1. The molecule has 0 aromatic heterocycles. The molecule has 1 unspecified atom stereocenters. The first-order chi connectivity index (χ1) is 7.23. The fourth-order valence-corrected chi connectivity index (χ4v) is 1.76. The molecule has 1 saturated carbocycles. The Kier molecular flexibility index (Phi) is 5.53. The van der Waals surface area contributed by atoms with E-state index in [0.29, 0.717) is 19.8 Å². The van der Waals surface area contributed by atoms with Crippen molar-refractivity contribution in [3.05, 3.63) is 0 Å². The quantitative estimate of drug-likeness (QED) is 0.547. The zero-order chi connectivity index (χ0) is 11.1. The summed E-state index contributed by atoms with van der Waals surface area (Å²) in [6.07, 6.45) is 2.62. The minimum atomic E-state index is 0.116. The molecule has 4 heteroatoms. The predicted molar refractivity (Wildman–Crippen MR) is 60.9 cm³/mol. The number of hydrogen-bond donors (Lipinski definition) is 2. The highest BCUT2D eigenvalue weighted by atomic mass is 16.5. The number of ether oxygens (including phenoxy) is 2. The van der Waals surface area contributed by atoms with Gasteiger partial charge in [0.15, 0.2) is 0 Å². The van der Waals surface area contributed by atoms with Crippen LogP contribution in [0.2, 0.25) is 0 Å². The van der Waals surface area contributed by atoms with Crippen LogP contribution >= 0.6 is 0 Å². The largest absolute Gasteiger partial charge is 0.382 e. The van der Waals surface area contributed by atoms with Gasteiger partial charge in [-0.1, -0.05) is 0 Å². The lowest BCUT2D eigenvalue weighted by Crippen LogP contribution is -2.51. The second-order valence-corrected chi connectivity index (χ2v) is 4.43. The number of nitrogens with one attached hydrogen (secondary N) is 1. The predicted octanol–water partition coefficient (Wildman–Crippen LogP) is 0.366. The molecular formula is C11H24N2O2. The second kappa shape index (κ2) is 6.43. The van der Waals surface area contributed by atoms with Crippen LogP contribution in [0, 0.1) is 5.92 Å². The van der Waals surface area contributed by atoms with Gasteiger partial charge in [0.1, 0.15) is 0 Å². The summed E-state index contributed by atoms with van der Waals surface area (Å²) in [6.45, 7) is 5.84. The summed E-state index contributed by atoms with van der Waals surface area (Å²) in [5.74, 6) is 0.765. The van der Waals surface area contributed by atoms with Crippen molar-refractivity contribution in [1.82, 2.24) is 5.32 Å². The van der Waals surface area contributed by atoms with Gasteiger partial charge in [-0.05, 0) is 25.7 Å². The average molecular weight is 216 g/mol. The Morgan fingerprint density at radius 2 is 2.07 bits per heavy atom. The Bertz CT molecular complexity index is 174. The smallest absolute Gasteiger partial charge is 0.0700 e. The van der Waals surface area contributed by atoms with Gasteiger partial charge in [-0.25, -0.2) is 0 Å². The van der Waals surface area contributed by atoms with E-state index < -0.39 is 0 Å². The van der Waals surface area contributed by atoms with Gasteiger partial charge in [0.05, 0.1) is 19.8 Å². The molecule has 3 N–H and O–H groups in total. The van der Waals surface area contributed by atoms with Crippen molar-refractivity contribution in [2.24, 2.45) is 11.7 Å². The molecule has 0 radical (unpaired) electrons. The summed E-state index contributed by atoms with van der Waals surface area (Å²) in [6, 6.07) is 0. The number of hydrogen-bond acceptors (Lipinski definition) is 4. The standard InChI is InChI=1S/C11H24N2O2/c1-11(9-12,10-3-4-10)13-5-6-15-8-7-14-2/h10,13H,3-9,12H2,1-2H3. The monoisotopic (exact) mass is 216 g/mol. The van der Waals surface area contributed by atoms with Crippen LogP contribution < -0.4 is 11.1 Å². The van der Waals surface area contributed by atoms with E-state index in [1.54, 1.807) is 7.11 Å². The molecule has 0 aromatic rings. The van der Waals surface area contributed by atoms with Crippen LogP contribution in [-0.2, 0) is 9.47 Å². The lowest BCUT2D eigenvalue weighted by Gasteiger charge is -2.29. The fraction of sp³-hybridized carbons (Fsp3) is 1.00. The molecule has 1 rings (SSSR count). The molecule has 1 aliphatic carbocycles. The van der Waals surface area contributed by atoms with Crippen molar-refractivity contribution >= 4 is 0 Å². The van der Waals surface area contributed by atoms with Crippen molar-refractivity contribution in [1.29, 1.82) is 0 Å². The normalized spacial score (nSPS) is 20.2. The summed E-state index contributed by atoms with van der Waals surface area (Å²) in [5.41, 5.74) is 5.90. The first kappa shape index (κ1) is 12.9. The van der Waals surface area contributed by atoms with Gasteiger partial charge in [0.2, 0.25) is 0 Å². The molecule has 15 heavy (non-hydrogen) atoms. The van der Waals surface area contributed by atoms with Gasteiger partial charge in [-0.2, -0.15) is 0 Å². The van der Waals surface area contributed by atoms with E-state index in [0.717, 1.165) is 19.1 Å². The lowest BCUT2D eigenvalue weighted by atomic mass is 9.96. The molecule has 0 heterocycles. The zero-order valence-electron chi connectivity index (χ0n) is 9.92. The summed E-state index contributed by atoms with van der Waals surface area (Å²) in [7, 11) is 1.68. The zero-order valence-corrected chi connectivity index (χ0v) is 9.92. The fourth-order valence-electron chi connectivity index (χ4n) is 1.76. The van der Waals surface area contributed by atoms with Crippen molar-refractivity contribution in [2.45, 2.75) is 25.3 Å². The van der Waals surface area contributed by atoms with Crippen molar-refractivity contribution in [3.8, 4) is 0 Å². The van der Waals surface area contributed by atoms with Gasteiger partial charge in [0, 0.05) is 25.7 Å². The van der Waals surface area contributed by atoms with Gasteiger partial charge < -0.3 is 20.5 Å². The molecule has 1 aliphatic rings. The minimum Gasteiger partial charge on any atom is -0.382 e. The van der Waals surface area contributed by atoms with Crippen LogP contribution in [0.4, 0.5) is 0 Å². The third-order valence-corrected chi connectivity index (χ3v) is 3.11. The highest BCUT2D eigenvalue weighted by Crippen LogP contribution is 2.38. The van der Waals surface area contributed by atoms with E-state index in [4.69, 9.17) is 15.2 Å². The molecule has 1 atom stereocenters. The molecule has 0 spiro atoms. The van der Waals surface area contributed by atoms with Gasteiger partial charge >= 0.3 is 0 Å². The summed E-state index contributed by atoms with van der Waals surface area (Å²) in [4.78, 5) is 0. The Balaban J connectivity index is 2.02. The first-order valence-electron chi connectivity index (χ1n) is 5.74. The van der Waals surface area contributed by atoms with Crippen LogP contribution in [0.3, 0.4) is 0 Å². The van der Waals surface area contributed by atoms with Crippen LogP contribution in [0.5, 0.6) is 0 Å². The summed E-state index contributed by atoms with van der Waals surface area (Å²) < 4.78 is 10.3. The van der Waals surface area contributed by atoms with E-state index in [9.17, 15) is 0 Å². The molecule has 1 fully saturated rings. The maximum atomic E-state index is 5.79. The summed E-state index contributed by atoms with van der Waals surface area (Å²) in [5, 5.41) is 3.49. The first-order valence-corrected chi connectivity index (χ1v) is 5.74. The third kappa shape index (κ3) is 4.47. The lowest BCUT2D eigenvalue weighted by molar-refractivity contribution is 0.0686. The summed E-state index contributed by atoms with van der Waals surface area (Å²) >= 11 is 0. The average Bonchev–Trinajstić information content (AvgIpc) is 3.07. The highest BCUT2D eigenvalue weighted by Gasteiger charge is 2.39. The molecule has 0 bridgehead atoms. The van der Waals surface area contributed by atoms with E-state index in [2.05, 4.69) is 12.2 Å². The number of rotatable bonds is 9. The molecular weight excluding hydrogens is 192 g/mol. The van der Waals surface area contributed by atoms with Gasteiger partial charge in [-0.3, -0.25) is 0 Å². The van der Waals surface area contributed by atoms with Gasteiger partial charge in [0.25, 0.3) is 0 Å². The van der Waals surface area contributed by atoms with Crippen LogP contribution in [-0.4, -0.2) is 45.6 Å². The number of methoxy groups -OCH3 is 1.